The first-order valence-electron chi connectivity index (χ1n) is 5.84. The Morgan fingerprint density at radius 2 is 2.53 bits per heavy atom. The maximum Gasteiger partial charge on any atom is 0.331 e. The number of pyridine rings is 1. The van der Waals surface area contributed by atoms with Gasteiger partial charge in [-0.2, -0.15) is 5.48 Å². The summed E-state index contributed by atoms with van der Waals surface area (Å²) in [4.78, 5) is 20.6. The molecule has 0 bridgehead atoms. The molecule has 1 fully saturated rings. The zero-order valence-electron chi connectivity index (χ0n) is 10.5. The Labute approximate surface area is 119 Å². The number of hydroxylamine groups is 1. The molecule has 0 aromatic carbocycles. The summed E-state index contributed by atoms with van der Waals surface area (Å²) in [5.74, 6) is -0.411. The van der Waals surface area contributed by atoms with Gasteiger partial charge in [-0.05, 0) is 22.0 Å². The van der Waals surface area contributed by atoms with Gasteiger partial charge in [0.05, 0.1) is 20.3 Å². The van der Waals surface area contributed by atoms with Crippen LogP contribution in [0.5, 0.6) is 0 Å². The van der Waals surface area contributed by atoms with Crippen molar-refractivity contribution in [2.45, 2.75) is 12.0 Å². The summed E-state index contributed by atoms with van der Waals surface area (Å²) in [5.41, 5.74) is 3.05. The molecule has 2 rings (SSSR count). The largest absolute Gasteiger partial charge is 0.467 e. The molecule has 0 amide bonds. The molecule has 1 aromatic heterocycles. The fraction of sp³-hybridized carbons (Fsp3) is 0.500. The van der Waals surface area contributed by atoms with E-state index in [1.165, 1.54) is 7.11 Å². The Morgan fingerprint density at radius 1 is 1.68 bits per heavy atom. The highest BCUT2D eigenvalue weighted by molar-refractivity contribution is 9.10. The maximum atomic E-state index is 11.3. The average molecular weight is 331 g/mol. The standard InChI is InChI=1S/C12H15BrN2O4/c1-17-10(16)7-18-12(4-6-19-15-8-12)9-3-2-5-14-11(9)13/h2-3,5,15H,4,6-8H2,1H3. The van der Waals surface area contributed by atoms with E-state index in [2.05, 4.69) is 31.1 Å². The third-order valence-electron chi connectivity index (χ3n) is 3.01. The third-order valence-corrected chi connectivity index (χ3v) is 3.64. The number of ether oxygens (including phenoxy) is 2. The number of carbonyl (C=O) groups excluding carboxylic acids is 1. The number of hydrogen-bond acceptors (Lipinski definition) is 6. The van der Waals surface area contributed by atoms with Crippen LogP contribution in [0.25, 0.3) is 0 Å². The molecule has 1 aromatic rings. The van der Waals surface area contributed by atoms with Crippen LogP contribution in [0, 0.1) is 0 Å². The summed E-state index contributed by atoms with van der Waals surface area (Å²) in [6.07, 6.45) is 2.32. The van der Waals surface area contributed by atoms with Gasteiger partial charge in [-0.1, -0.05) is 6.07 Å². The van der Waals surface area contributed by atoms with Crippen molar-refractivity contribution in [1.82, 2.24) is 10.5 Å². The van der Waals surface area contributed by atoms with E-state index in [9.17, 15) is 4.79 Å². The first-order valence-corrected chi connectivity index (χ1v) is 6.64. The Bertz CT molecular complexity index is 449. The van der Waals surface area contributed by atoms with E-state index >= 15 is 0 Å². The number of carbonyl (C=O) groups is 1. The Kier molecular flexibility index (Phi) is 4.87. The highest BCUT2D eigenvalue weighted by atomic mass is 79.9. The predicted octanol–water partition coefficient (Wildman–Crippen LogP) is 1.15. The van der Waals surface area contributed by atoms with Crippen LogP contribution in [-0.2, 0) is 24.7 Å². The zero-order valence-corrected chi connectivity index (χ0v) is 12.1. The lowest BCUT2D eigenvalue weighted by molar-refractivity contribution is -0.167. The smallest absolute Gasteiger partial charge is 0.331 e. The Balaban J connectivity index is 2.24. The van der Waals surface area contributed by atoms with Gasteiger partial charge in [-0.3, -0.25) is 0 Å². The normalized spacial score (nSPS) is 23.1. The number of aromatic nitrogens is 1. The van der Waals surface area contributed by atoms with Crippen LogP contribution >= 0.6 is 15.9 Å². The average Bonchev–Trinajstić information content (AvgIpc) is 2.46. The van der Waals surface area contributed by atoms with Gasteiger partial charge in [0.15, 0.2) is 0 Å². The van der Waals surface area contributed by atoms with Gasteiger partial charge in [0, 0.05) is 18.2 Å². The SMILES string of the molecule is COC(=O)COC1(c2cccnc2Br)CCONC1. The topological polar surface area (TPSA) is 69.7 Å². The van der Waals surface area contributed by atoms with Crippen LogP contribution in [-0.4, -0.2) is 37.8 Å². The second kappa shape index (κ2) is 6.42. The molecule has 104 valence electrons. The summed E-state index contributed by atoms with van der Waals surface area (Å²) in [6, 6.07) is 3.75. The number of nitrogens with zero attached hydrogens (tertiary/aromatic N) is 1. The molecular formula is C12H15BrN2O4. The van der Waals surface area contributed by atoms with Crippen molar-refractivity contribution in [3.63, 3.8) is 0 Å². The zero-order chi connectivity index (χ0) is 13.7. The van der Waals surface area contributed by atoms with Gasteiger partial charge in [0.1, 0.15) is 16.8 Å². The minimum atomic E-state index is -0.653. The van der Waals surface area contributed by atoms with E-state index in [4.69, 9.17) is 9.57 Å². The van der Waals surface area contributed by atoms with Gasteiger partial charge in [-0.15, -0.1) is 0 Å². The minimum absolute atomic E-state index is 0.112. The van der Waals surface area contributed by atoms with Crippen LogP contribution in [0.3, 0.4) is 0 Å². The summed E-state index contributed by atoms with van der Waals surface area (Å²) < 4.78 is 11.1. The van der Waals surface area contributed by atoms with E-state index < -0.39 is 11.6 Å². The lowest BCUT2D eigenvalue weighted by Crippen LogP contribution is -2.47. The van der Waals surface area contributed by atoms with E-state index in [0.29, 0.717) is 24.2 Å². The second-order valence-corrected chi connectivity index (χ2v) is 4.87. The maximum absolute atomic E-state index is 11.3. The summed E-state index contributed by atoms with van der Waals surface area (Å²) in [6.45, 7) is 0.816. The predicted molar refractivity (Wildman–Crippen MR) is 70.2 cm³/mol. The minimum Gasteiger partial charge on any atom is -0.467 e. The van der Waals surface area contributed by atoms with Crippen LogP contribution < -0.4 is 5.48 Å². The van der Waals surface area contributed by atoms with E-state index in [-0.39, 0.29) is 6.61 Å². The molecule has 1 aliphatic heterocycles. The Morgan fingerprint density at radius 3 is 3.16 bits per heavy atom. The van der Waals surface area contributed by atoms with Crippen molar-refractivity contribution in [3.8, 4) is 0 Å². The molecule has 1 saturated heterocycles. The van der Waals surface area contributed by atoms with Crippen molar-refractivity contribution in [2.24, 2.45) is 0 Å². The summed E-state index contributed by atoms with van der Waals surface area (Å²) >= 11 is 3.42. The monoisotopic (exact) mass is 330 g/mol. The number of methoxy groups -OCH3 is 1. The van der Waals surface area contributed by atoms with Crippen molar-refractivity contribution in [2.75, 3.05) is 26.9 Å². The van der Waals surface area contributed by atoms with Crippen LogP contribution in [0.4, 0.5) is 0 Å². The van der Waals surface area contributed by atoms with Crippen molar-refractivity contribution in [1.29, 1.82) is 0 Å². The molecule has 0 aliphatic carbocycles. The number of hydrogen-bond donors (Lipinski definition) is 1. The van der Waals surface area contributed by atoms with Crippen molar-refractivity contribution < 1.29 is 19.1 Å². The molecular weight excluding hydrogens is 316 g/mol. The number of rotatable bonds is 4. The van der Waals surface area contributed by atoms with Crippen LogP contribution in [0.2, 0.25) is 0 Å². The lowest BCUT2D eigenvalue weighted by atomic mass is 9.91. The molecule has 1 unspecified atom stereocenters. The highest BCUT2D eigenvalue weighted by Gasteiger charge is 2.38. The summed E-state index contributed by atoms with van der Waals surface area (Å²) in [5, 5.41) is 0. The molecule has 0 radical (unpaired) electrons. The molecule has 1 atom stereocenters. The molecule has 7 heteroatoms. The molecule has 0 spiro atoms. The van der Waals surface area contributed by atoms with E-state index in [1.54, 1.807) is 6.20 Å². The van der Waals surface area contributed by atoms with Gasteiger partial charge in [-0.25, -0.2) is 9.78 Å². The summed E-state index contributed by atoms with van der Waals surface area (Å²) in [7, 11) is 1.33. The second-order valence-electron chi connectivity index (χ2n) is 4.12. The van der Waals surface area contributed by atoms with E-state index in [1.807, 2.05) is 12.1 Å². The number of halogens is 1. The van der Waals surface area contributed by atoms with Gasteiger partial charge in [0.2, 0.25) is 0 Å². The molecule has 1 aliphatic rings. The molecule has 19 heavy (non-hydrogen) atoms. The number of nitrogens with one attached hydrogen (secondary N) is 1. The fourth-order valence-corrected chi connectivity index (χ4v) is 2.57. The molecule has 6 nitrogen and oxygen atoms in total. The molecule has 2 heterocycles. The van der Waals surface area contributed by atoms with Crippen molar-refractivity contribution >= 4 is 21.9 Å². The van der Waals surface area contributed by atoms with Gasteiger partial charge < -0.3 is 14.3 Å². The first-order chi connectivity index (χ1) is 9.18. The quantitative estimate of drug-likeness (QED) is 0.659. The van der Waals surface area contributed by atoms with Gasteiger partial charge >= 0.3 is 5.97 Å². The van der Waals surface area contributed by atoms with Crippen LogP contribution in [0.1, 0.15) is 12.0 Å². The Hall–Kier alpha value is -1.02. The third kappa shape index (κ3) is 3.30. The van der Waals surface area contributed by atoms with Crippen molar-refractivity contribution in [3.05, 3.63) is 28.5 Å². The fourth-order valence-electron chi connectivity index (χ4n) is 1.96. The molecule has 1 N–H and O–H groups in total. The first kappa shape index (κ1) is 14.4. The lowest BCUT2D eigenvalue weighted by Gasteiger charge is -2.37. The van der Waals surface area contributed by atoms with Gasteiger partial charge in [0.25, 0.3) is 0 Å². The highest BCUT2D eigenvalue weighted by Crippen LogP contribution is 2.34. The van der Waals surface area contributed by atoms with Crippen LogP contribution in [0.15, 0.2) is 22.9 Å². The van der Waals surface area contributed by atoms with E-state index in [0.717, 1.165) is 5.56 Å². The molecule has 0 saturated carbocycles. The number of esters is 1.